The highest BCUT2D eigenvalue weighted by molar-refractivity contribution is 5.74. The topological polar surface area (TPSA) is 78.9 Å². The summed E-state index contributed by atoms with van der Waals surface area (Å²) in [5.41, 5.74) is -0.562. The van der Waals surface area contributed by atoms with E-state index in [1.807, 2.05) is 20.8 Å². The zero-order valence-electron chi connectivity index (χ0n) is 14.5. The van der Waals surface area contributed by atoms with Gasteiger partial charge in [-0.25, -0.2) is 4.79 Å². The van der Waals surface area contributed by atoms with Gasteiger partial charge in [-0.1, -0.05) is 12.8 Å². The summed E-state index contributed by atoms with van der Waals surface area (Å²) in [6.45, 7) is 7.09. The summed E-state index contributed by atoms with van der Waals surface area (Å²) >= 11 is 0. The predicted octanol–water partition coefficient (Wildman–Crippen LogP) is 2.48. The second-order valence-corrected chi connectivity index (χ2v) is 7.82. The van der Waals surface area contributed by atoms with E-state index in [1.54, 1.807) is 0 Å². The highest BCUT2D eigenvalue weighted by atomic mass is 16.6. The summed E-state index contributed by atoms with van der Waals surface area (Å²) in [5, 5.41) is 13.0. The Morgan fingerprint density at radius 2 is 1.87 bits per heavy atom. The number of hydrogen-bond acceptors (Lipinski definition) is 4. The number of hydrogen-bond donors (Lipinski definition) is 2. The van der Waals surface area contributed by atoms with Gasteiger partial charge in [0.15, 0.2) is 0 Å². The lowest BCUT2D eigenvalue weighted by atomic mass is 9.91. The normalized spacial score (nSPS) is 26.3. The van der Waals surface area contributed by atoms with Gasteiger partial charge in [0, 0.05) is 19.1 Å². The van der Waals surface area contributed by atoms with Crippen LogP contribution in [0.2, 0.25) is 0 Å². The molecular formula is C17H30N2O4. The summed E-state index contributed by atoms with van der Waals surface area (Å²) in [5.74, 6) is -0.742. The molecule has 0 radical (unpaired) electrons. The highest BCUT2D eigenvalue weighted by Crippen LogP contribution is 2.25. The number of nitrogens with zero attached hydrogens (tertiary/aromatic N) is 1. The molecule has 1 saturated heterocycles. The monoisotopic (exact) mass is 326 g/mol. The molecule has 1 amide bonds. The number of carbonyl (C=O) groups excluding carboxylic acids is 1. The van der Waals surface area contributed by atoms with Crippen LogP contribution in [0.15, 0.2) is 0 Å². The van der Waals surface area contributed by atoms with Crippen LogP contribution >= 0.6 is 0 Å². The van der Waals surface area contributed by atoms with Crippen molar-refractivity contribution in [1.82, 2.24) is 10.2 Å². The first-order chi connectivity index (χ1) is 10.8. The second-order valence-electron chi connectivity index (χ2n) is 7.82. The number of aliphatic carboxylic acids is 1. The fourth-order valence-electron chi connectivity index (χ4n) is 3.47. The molecule has 2 N–H and O–H groups in total. The Hall–Kier alpha value is -1.30. The Bertz CT molecular complexity index is 427. The van der Waals surface area contributed by atoms with Gasteiger partial charge in [-0.3, -0.25) is 4.79 Å². The van der Waals surface area contributed by atoms with Crippen LogP contribution < -0.4 is 5.32 Å². The maximum atomic E-state index is 12.1. The molecular weight excluding hydrogens is 296 g/mol. The number of piperidine rings is 1. The molecule has 2 fully saturated rings. The van der Waals surface area contributed by atoms with Crippen LogP contribution in [-0.2, 0) is 9.53 Å². The Morgan fingerprint density at radius 3 is 2.43 bits per heavy atom. The van der Waals surface area contributed by atoms with Gasteiger partial charge >= 0.3 is 12.1 Å². The minimum absolute atomic E-state index is 0.0632. The average molecular weight is 326 g/mol. The fraction of sp³-hybridized carbons (Fsp3) is 0.882. The number of likely N-dealkylation sites (tertiary alicyclic amines) is 1. The molecule has 0 aromatic rings. The molecule has 0 aromatic heterocycles. The Kier molecular flexibility index (Phi) is 5.89. The van der Waals surface area contributed by atoms with Crippen molar-refractivity contribution in [2.45, 2.75) is 64.5 Å². The summed E-state index contributed by atoms with van der Waals surface area (Å²) < 4.78 is 5.36. The van der Waals surface area contributed by atoms with Crippen LogP contribution in [0.5, 0.6) is 0 Å². The predicted molar refractivity (Wildman–Crippen MR) is 87.3 cm³/mol. The molecule has 0 bridgehead atoms. The number of amides is 1. The number of carboxylic acid groups (broad SMARTS) is 1. The number of carbonyl (C=O) groups is 2. The molecule has 1 aliphatic carbocycles. The first-order valence-electron chi connectivity index (χ1n) is 8.70. The average Bonchev–Trinajstić information content (AvgIpc) is 2.96. The largest absolute Gasteiger partial charge is 0.481 e. The number of nitrogens with one attached hydrogen (secondary N) is 1. The maximum Gasteiger partial charge on any atom is 0.410 e. The minimum Gasteiger partial charge on any atom is -0.481 e. The van der Waals surface area contributed by atoms with E-state index in [4.69, 9.17) is 4.74 Å². The third-order valence-electron chi connectivity index (χ3n) is 4.73. The standard InChI is InChI=1S/C17H30N2O4/c1-17(2,3)23-16(22)19-9-8-14(13(11-19)15(20)21)18-10-12-6-4-5-7-12/h12-14,18H,4-11H2,1-3H3,(H,20,21). The molecule has 6 nitrogen and oxygen atoms in total. The van der Waals surface area contributed by atoms with Crippen molar-refractivity contribution < 1.29 is 19.4 Å². The molecule has 0 spiro atoms. The van der Waals surface area contributed by atoms with Crippen LogP contribution in [0.3, 0.4) is 0 Å². The molecule has 1 saturated carbocycles. The fourth-order valence-corrected chi connectivity index (χ4v) is 3.47. The third-order valence-corrected chi connectivity index (χ3v) is 4.73. The molecule has 2 unspecified atom stereocenters. The van der Waals surface area contributed by atoms with E-state index < -0.39 is 23.6 Å². The highest BCUT2D eigenvalue weighted by Gasteiger charge is 2.37. The summed E-state index contributed by atoms with van der Waals surface area (Å²) in [6.07, 6.45) is 5.28. The van der Waals surface area contributed by atoms with Crippen LogP contribution in [0.4, 0.5) is 4.79 Å². The van der Waals surface area contributed by atoms with Gasteiger partial charge in [-0.05, 0) is 52.5 Å². The van der Waals surface area contributed by atoms with Gasteiger partial charge < -0.3 is 20.1 Å². The molecule has 2 atom stereocenters. The molecule has 1 heterocycles. The van der Waals surface area contributed by atoms with Gasteiger partial charge in [-0.15, -0.1) is 0 Å². The van der Waals surface area contributed by atoms with Gasteiger partial charge in [0.2, 0.25) is 0 Å². The lowest BCUT2D eigenvalue weighted by Gasteiger charge is -2.38. The van der Waals surface area contributed by atoms with Crippen LogP contribution in [0, 0.1) is 11.8 Å². The number of carboxylic acids is 1. The molecule has 1 aliphatic heterocycles. The van der Waals surface area contributed by atoms with Crippen molar-refractivity contribution in [3.8, 4) is 0 Å². The van der Waals surface area contributed by atoms with E-state index in [1.165, 1.54) is 30.6 Å². The number of ether oxygens (including phenoxy) is 1. The van der Waals surface area contributed by atoms with E-state index in [9.17, 15) is 14.7 Å². The van der Waals surface area contributed by atoms with Gasteiger partial charge in [-0.2, -0.15) is 0 Å². The number of rotatable bonds is 4. The summed E-state index contributed by atoms with van der Waals surface area (Å²) in [4.78, 5) is 25.3. The van der Waals surface area contributed by atoms with E-state index in [0.29, 0.717) is 18.9 Å². The third kappa shape index (κ3) is 5.37. The molecule has 0 aromatic carbocycles. The zero-order valence-corrected chi connectivity index (χ0v) is 14.5. The van der Waals surface area contributed by atoms with Crippen LogP contribution in [0.25, 0.3) is 0 Å². The van der Waals surface area contributed by atoms with Crippen molar-refractivity contribution in [2.75, 3.05) is 19.6 Å². The Labute approximate surface area is 138 Å². The zero-order chi connectivity index (χ0) is 17.0. The van der Waals surface area contributed by atoms with Crippen molar-refractivity contribution in [3.63, 3.8) is 0 Å². The van der Waals surface area contributed by atoms with Gasteiger partial charge in [0.25, 0.3) is 0 Å². The van der Waals surface area contributed by atoms with Gasteiger partial charge in [0.1, 0.15) is 5.60 Å². The summed E-state index contributed by atoms with van der Waals surface area (Å²) in [6, 6.07) is -0.0632. The maximum absolute atomic E-state index is 12.1. The molecule has 6 heteroatoms. The Balaban J connectivity index is 1.89. The lowest BCUT2D eigenvalue weighted by molar-refractivity contribution is -0.144. The van der Waals surface area contributed by atoms with E-state index in [0.717, 1.165) is 6.54 Å². The Morgan fingerprint density at radius 1 is 1.22 bits per heavy atom. The first-order valence-corrected chi connectivity index (χ1v) is 8.70. The smallest absolute Gasteiger partial charge is 0.410 e. The first kappa shape index (κ1) is 18.0. The molecule has 2 rings (SSSR count). The minimum atomic E-state index is -0.845. The van der Waals surface area contributed by atoms with E-state index >= 15 is 0 Å². The SMILES string of the molecule is CC(C)(C)OC(=O)N1CCC(NCC2CCCC2)C(C(=O)O)C1. The molecule has 2 aliphatic rings. The lowest BCUT2D eigenvalue weighted by Crippen LogP contribution is -2.54. The van der Waals surface area contributed by atoms with Crippen molar-refractivity contribution in [1.29, 1.82) is 0 Å². The second kappa shape index (κ2) is 7.51. The van der Waals surface area contributed by atoms with Crippen molar-refractivity contribution in [2.24, 2.45) is 11.8 Å². The van der Waals surface area contributed by atoms with E-state index in [-0.39, 0.29) is 12.6 Å². The summed E-state index contributed by atoms with van der Waals surface area (Å²) in [7, 11) is 0. The van der Waals surface area contributed by atoms with Crippen LogP contribution in [0.1, 0.15) is 52.9 Å². The quantitative estimate of drug-likeness (QED) is 0.830. The molecule has 132 valence electrons. The van der Waals surface area contributed by atoms with Crippen LogP contribution in [-0.4, -0.2) is 53.3 Å². The van der Waals surface area contributed by atoms with Crippen molar-refractivity contribution >= 4 is 12.1 Å². The van der Waals surface area contributed by atoms with Crippen molar-refractivity contribution in [3.05, 3.63) is 0 Å². The van der Waals surface area contributed by atoms with Gasteiger partial charge in [0.05, 0.1) is 5.92 Å². The molecule has 23 heavy (non-hydrogen) atoms. The van der Waals surface area contributed by atoms with E-state index in [2.05, 4.69) is 5.32 Å².